The predicted molar refractivity (Wildman–Crippen MR) is 74.6 cm³/mol. The second-order valence-corrected chi connectivity index (χ2v) is 5.25. The van der Waals surface area contributed by atoms with Crippen molar-refractivity contribution in [1.29, 1.82) is 5.26 Å². The lowest BCUT2D eigenvalue weighted by Crippen LogP contribution is -2.29. The van der Waals surface area contributed by atoms with Crippen LogP contribution >= 0.6 is 0 Å². The molecule has 21 heavy (non-hydrogen) atoms. The van der Waals surface area contributed by atoms with Crippen LogP contribution in [-0.2, 0) is 12.8 Å². The van der Waals surface area contributed by atoms with E-state index >= 15 is 0 Å². The van der Waals surface area contributed by atoms with Crippen LogP contribution in [0.15, 0.2) is 18.2 Å². The average molecular weight is 300 g/mol. The molecule has 0 saturated carbocycles. The van der Waals surface area contributed by atoms with Crippen LogP contribution in [0.2, 0.25) is 0 Å². The molecule has 0 aliphatic rings. The maximum atomic E-state index is 13.0. The Morgan fingerprint density at radius 3 is 2.48 bits per heavy atom. The number of rotatable bonds is 6. The number of halogens is 3. The van der Waals surface area contributed by atoms with Crippen molar-refractivity contribution in [3.63, 3.8) is 0 Å². The highest BCUT2D eigenvalue weighted by molar-refractivity contribution is 5.52. The van der Waals surface area contributed by atoms with E-state index in [0.29, 0.717) is 18.8 Å². The third kappa shape index (κ3) is 4.94. The van der Waals surface area contributed by atoms with Gasteiger partial charge in [0.25, 0.3) is 0 Å². The molecule has 0 heterocycles. The molecule has 0 aromatic heterocycles. The number of nitrogens with zero attached hydrogens (tertiary/aromatic N) is 2. The summed E-state index contributed by atoms with van der Waals surface area (Å²) in [6.07, 6.45) is -4.26. The average Bonchev–Trinajstić information content (AvgIpc) is 2.41. The van der Waals surface area contributed by atoms with E-state index in [1.807, 2.05) is 19.9 Å². The van der Waals surface area contributed by atoms with Crippen LogP contribution in [0.25, 0.3) is 0 Å². The summed E-state index contributed by atoms with van der Waals surface area (Å²) >= 11 is 0. The highest BCUT2D eigenvalue weighted by Gasteiger charge is 2.33. The van der Waals surface area contributed by atoms with Crippen LogP contribution in [-0.4, -0.2) is 18.2 Å². The van der Waals surface area contributed by atoms with Crippen molar-refractivity contribution < 1.29 is 18.3 Å². The molecule has 1 aromatic rings. The first kappa shape index (κ1) is 17.3. The number of anilines is 1. The van der Waals surface area contributed by atoms with Gasteiger partial charge in [0.05, 0.1) is 24.7 Å². The summed E-state index contributed by atoms with van der Waals surface area (Å²) in [4.78, 5) is 1.77. The number of aliphatic hydroxyl groups excluding tert-OH is 1. The van der Waals surface area contributed by atoms with Gasteiger partial charge in [-0.2, -0.15) is 18.4 Å². The van der Waals surface area contributed by atoms with Gasteiger partial charge in [0, 0.05) is 18.8 Å². The van der Waals surface area contributed by atoms with Crippen LogP contribution in [0.3, 0.4) is 0 Å². The topological polar surface area (TPSA) is 47.3 Å². The van der Waals surface area contributed by atoms with E-state index in [4.69, 9.17) is 10.4 Å². The van der Waals surface area contributed by atoms with Crippen LogP contribution < -0.4 is 4.90 Å². The number of aliphatic hydroxyl groups is 1. The van der Waals surface area contributed by atoms with Gasteiger partial charge in [-0.1, -0.05) is 19.9 Å². The van der Waals surface area contributed by atoms with E-state index in [0.717, 1.165) is 6.07 Å². The minimum absolute atomic E-state index is 0.143. The highest BCUT2D eigenvalue weighted by Crippen LogP contribution is 2.35. The first-order chi connectivity index (χ1) is 9.79. The molecule has 0 amide bonds. The van der Waals surface area contributed by atoms with Crippen molar-refractivity contribution in [2.24, 2.45) is 5.92 Å². The van der Waals surface area contributed by atoms with Gasteiger partial charge in [0.1, 0.15) is 0 Å². The smallest absolute Gasteiger partial charge is 0.392 e. The van der Waals surface area contributed by atoms with Crippen LogP contribution in [0.5, 0.6) is 0 Å². The third-order valence-electron chi connectivity index (χ3n) is 3.01. The Morgan fingerprint density at radius 1 is 1.33 bits per heavy atom. The second-order valence-electron chi connectivity index (χ2n) is 5.25. The number of hydrogen-bond acceptors (Lipinski definition) is 3. The molecule has 0 bridgehead atoms. The summed E-state index contributed by atoms with van der Waals surface area (Å²) in [7, 11) is 0. The van der Waals surface area contributed by atoms with Gasteiger partial charge in [-0.05, 0) is 23.6 Å². The van der Waals surface area contributed by atoms with E-state index in [9.17, 15) is 13.2 Å². The fourth-order valence-corrected chi connectivity index (χ4v) is 2.11. The molecular weight excluding hydrogens is 281 g/mol. The van der Waals surface area contributed by atoms with Gasteiger partial charge >= 0.3 is 6.18 Å². The van der Waals surface area contributed by atoms with Crippen LogP contribution in [0, 0.1) is 17.2 Å². The normalized spacial score (nSPS) is 11.5. The molecule has 0 aliphatic carbocycles. The quantitative estimate of drug-likeness (QED) is 0.873. The SMILES string of the molecule is CC(C)CN(CCC#N)c1ccc(CO)c(C(F)(F)F)c1. The molecular formula is C15H19F3N2O. The van der Waals surface area contributed by atoms with Crippen LogP contribution in [0.1, 0.15) is 31.4 Å². The van der Waals surface area contributed by atoms with Crippen molar-refractivity contribution in [1.82, 2.24) is 0 Å². The van der Waals surface area contributed by atoms with Gasteiger partial charge in [-0.25, -0.2) is 0 Å². The van der Waals surface area contributed by atoms with Crippen molar-refractivity contribution in [2.75, 3.05) is 18.0 Å². The van der Waals surface area contributed by atoms with E-state index in [1.54, 1.807) is 11.0 Å². The maximum absolute atomic E-state index is 13.0. The standard InChI is InChI=1S/C15H19F3N2O/c1-11(2)9-20(7-3-6-19)13-5-4-12(10-21)14(8-13)15(16,17)18/h4-5,8,11,21H,3,7,9-10H2,1-2H3. The molecule has 0 unspecified atom stereocenters. The summed E-state index contributed by atoms with van der Waals surface area (Å²) in [6, 6.07) is 5.90. The Kier molecular flexibility index (Phi) is 6.03. The molecule has 116 valence electrons. The number of hydrogen-bond donors (Lipinski definition) is 1. The molecule has 1 N–H and O–H groups in total. The minimum Gasteiger partial charge on any atom is -0.392 e. The van der Waals surface area contributed by atoms with Crippen molar-refractivity contribution in [3.05, 3.63) is 29.3 Å². The van der Waals surface area contributed by atoms with E-state index in [2.05, 4.69) is 0 Å². The summed E-state index contributed by atoms with van der Waals surface area (Å²) in [6.45, 7) is 4.22. The van der Waals surface area contributed by atoms with Gasteiger partial charge in [-0.15, -0.1) is 0 Å². The summed E-state index contributed by atoms with van der Waals surface area (Å²) in [5.74, 6) is 0.260. The fourth-order valence-electron chi connectivity index (χ4n) is 2.11. The first-order valence-electron chi connectivity index (χ1n) is 6.72. The van der Waals surface area contributed by atoms with Crippen molar-refractivity contribution >= 4 is 5.69 Å². The number of benzene rings is 1. The lowest BCUT2D eigenvalue weighted by Gasteiger charge is -2.27. The molecule has 0 radical (unpaired) electrons. The van der Waals surface area contributed by atoms with Gasteiger partial charge < -0.3 is 10.0 Å². The Morgan fingerprint density at radius 2 is 2.00 bits per heavy atom. The van der Waals surface area contributed by atoms with Crippen molar-refractivity contribution in [2.45, 2.75) is 33.1 Å². The van der Waals surface area contributed by atoms with Gasteiger partial charge in [0.2, 0.25) is 0 Å². The monoisotopic (exact) mass is 300 g/mol. The number of alkyl halides is 3. The lowest BCUT2D eigenvalue weighted by atomic mass is 10.1. The van der Waals surface area contributed by atoms with Gasteiger partial charge in [-0.3, -0.25) is 0 Å². The zero-order valence-electron chi connectivity index (χ0n) is 12.1. The summed E-state index contributed by atoms with van der Waals surface area (Å²) in [5, 5.41) is 17.7. The summed E-state index contributed by atoms with van der Waals surface area (Å²) < 4.78 is 39.0. The van der Waals surface area contributed by atoms with Crippen molar-refractivity contribution in [3.8, 4) is 6.07 Å². The molecule has 6 heteroatoms. The lowest BCUT2D eigenvalue weighted by molar-refractivity contribution is -0.138. The Bertz CT molecular complexity index is 507. The molecule has 3 nitrogen and oxygen atoms in total. The van der Waals surface area contributed by atoms with Gasteiger partial charge in [0.15, 0.2) is 0 Å². The Balaban J connectivity index is 3.17. The van der Waals surface area contributed by atoms with Crippen LogP contribution in [0.4, 0.5) is 18.9 Å². The van der Waals surface area contributed by atoms with E-state index in [-0.39, 0.29) is 17.9 Å². The molecule has 1 rings (SSSR count). The molecule has 0 aliphatic heterocycles. The Hall–Kier alpha value is -1.74. The van der Waals surface area contributed by atoms with E-state index in [1.165, 1.54) is 6.07 Å². The third-order valence-corrected chi connectivity index (χ3v) is 3.01. The highest BCUT2D eigenvalue weighted by atomic mass is 19.4. The second kappa shape index (κ2) is 7.32. The zero-order chi connectivity index (χ0) is 16.0. The molecule has 0 spiro atoms. The summed E-state index contributed by atoms with van der Waals surface area (Å²) in [5.41, 5.74) is -0.548. The minimum atomic E-state index is -4.51. The first-order valence-corrected chi connectivity index (χ1v) is 6.72. The maximum Gasteiger partial charge on any atom is 0.416 e. The predicted octanol–water partition coefficient (Wildman–Crippen LogP) is 3.57. The molecule has 0 atom stereocenters. The molecule has 0 saturated heterocycles. The molecule has 1 aromatic carbocycles. The number of nitriles is 1. The molecule has 0 fully saturated rings. The Labute approximate surface area is 122 Å². The van der Waals surface area contributed by atoms with E-state index < -0.39 is 18.3 Å². The zero-order valence-corrected chi connectivity index (χ0v) is 12.1. The largest absolute Gasteiger partial charge is 0.416 e. The fraction of sp³-hybridized carbons (Fsp3) is 0.533.